The molecule has 196 valence electrons. The Kier molecular flexibility index (Phi) is 6.83. The molecule has 5 rings (SSSR count). The van der Waals surface area contributed by atoms with E-state index in [4.69, 9.17) is 21.1 Å². The number of nitrogens with zero attached hydrogens (tertiary/aromatic N) is 3. The Morgan fingerprint density at radius 3 is 2.51 bits per heavy atom. The number of nitrogens with one attached hydrogen (secondary N) is 1. The maximum atomic E-state index is 13.5. The van der Waals surface area contributed by atoms with Gasteiger partial charge in [0.2, 0.25) is 0 Å². The average Bonchev–Trinajstić information content (AvgIpc) is 3.06. The molecule has 1 fully saturated rings. The standard InChI is InChI=1S/C27H29ClF2N4O3/c1-27(2,3)37-26(35)34-9-8-16(28)10-22-25(34)21-14-31-33-23(24(21)32-22)15-4-6-19(7-5-15)36-20-12-17(29)11-18(30)13-20/h8,10-13,15,19,32H,4-7,9,14H2,1-3H3. The fourth-order valence-corrected chi connectivity index (χ4v) is 5.22. The number of azo groups is 1. The number of anilines is 1. The lowest BCUT2D eigenvalue weighted by Crippen LogP contribution is -2.39. The summed E-state index contributed by atoms with van der Waals surface area (Å²) in [6.07, 6.45) is 5.96. The third-order valence-corrected chi connectivity index (χ3v) is 6.86. The van der Waals surface area contributed by atoms with Gasteiger partial charge in [0.25, 0.3) is 0 Å². The fraction of sp³-hybridized carbons (Fsp3) is 0.444. The molecule has 0 atom stereocenters. The molecule has 7 nitrogen and oxygen atoms in total. The topological polar surface area (TPSA) is 79.3 Å². The molecule has 0 radical (unpaired) electrons. The molecule has 2 aromatic rings. The van der Waals surface area contributed by atoms with Crippen LogP contribution in [0.15, 0.2) is 39.5 Å². The van der Waals surface area contributed by atoms with Crippen LogP contribution >= 0.6 is 11.6 Å². The predicted octanol–water partition coefficient (Wildman–Crippen LogP) is 5.66. The van der Waals surface area contributed by atoms with Gasteiger partial charge in [-0.3, -0.25) is 4.90 Å². The van der Waals surface area contributed by atoms with Crippen LogP contribution < -0.4 is 20.3 Å². The van der Waals surface area contributed by atoms with Gasteiger partial charge < -0.3 is 14.5 Å². The molecule has 1 saturated carbocycles. The van der Waals surface area contributed by atoms with Crippen LogP contribution in [0.1, 0.15) is 52.0 Å². The summed E-state index contributed by atoms with van der Waals surface area (Å²) in [7, 11) is 0. The molecule has 1 aliphatic carbocycles. The summed E-state index contributed by atoms with van der Waals surface area (Å²) in [6, 6.07) is 3.22. The van der Waals surface area contributed by atoms with Crippen LogP contribution in [0, 0.1) is 17.6 Å². The Bertz CT molecular complexity index is 1380. The van der Waals surface area contributed by atoms with Gasteiger partial charge in [-0.1, -0.05) is 11.6 Å². The predicted molar refractivity (Wildman–Crippen MR) is 137 cm³/mol. The number of rotatable bonds is 3. The van der Waals surface area contributed by atoms with Crippen molar-refractivity contribution in [2.75, 3.05) is 11.4 Å². The first-order chi connectivity index (χ1) is 17.6. The van der Waals surface area contributed by atoms with Crippen molar-refractivity contribution in [1.82, 2.24) is 4.98 Å². The molecular weight excluding hydrogens is 502 g/mol. The lowest BCUT2D eigenvalue weighted by molar-refractivity contribution is 0.0584. The first-order valence-electron chi connectivity index (χ1n) is 12.4. The third-order valence-electron chi connectivity index (χ3n) is 6.60. The van der Waals surface area contributed by atoms with Gasteiger partial charge in [0.1, 0.15) is 23.0 Å². The molecule has 10 heteroatoms. The van der Waals surface area contributed by atoms with Crippen LogP contribution in [0.2, 0.25) is 0 Å². The van der Waals surface area contributed by atoms with E-state index in [9.17, 15) is 13.6 Å². The number of allylic oxidation sites excluding steroid dienone is 1. The van der Waals surface area contributed by atoms with Gasteiger partial charge in [-0.25, -0.2) is 13.6 Å². The number of aromatic nitrogens is 1. The maximum absolute atomic E-state index is 13.5. The molecular formula is C27H29ClF2N4O3. The normalized spacial score (nSPS) is 21.4. The zero-order valence-corrected chi connectivity index (χ0v) is 21.7. The molecule has 3 aliphatic rings. The van der Waals surface area contributed by atoms with Gasteiger partial charge in [-0.2, -0.15) is 10.2 Å². The van der Waals surface area contributed by atoms with Gasteiger partial charge in [-0.05, 0) is 58.6 Å². The van der Waals surface area contributed by atoms with Crippen molar-refractivity contribution >= 4 is 35.2 Å². The number of benzene rings is 1. The second-order valence-corrected chi connectivity index (χ2v) is 11.0. The number of aromatic amines is 1. The number of carbonyl (C=O) groups excluding carboxylic acids is 1. The van der Waals surface area contributed by atoms with Crippen LogP contribution in [0.3, 0.4) is 0 Å². The minimum absolute atomic E-state index is 0.121. The second-order valence-electron chi connectivity index (χ2n) is 10.5. The number of halogens is 3. The minimum Gasteiger partial charge on any atom is -0.490 e. The number of hydrogen-bond acceptors (Lipinski definition) is 5. The van der Waals surface area contributed by atoms with Gasteiger partial charge in [-0.15, -0.1) is 0 Å². The van der Waals surface area contributed by atoms with E-state index in [1.165, 1.54) is 12.1 Å². The van der Waals surface area contributed by atoms with Crippen molar-refractivity contribution in [3.8, 4) is 5.75 Å². The highest BCUT2D eigenvalue weighted by molar-refractivity contribution is 6.34. The van der Waals surface area contributed by atoms with E-state index in [1.54, 1.807) is 17.1 Å². The lowest BCUT2D eigenvalue weighted by atomic mass is 9.84. The number of ether oxygens (including phenoxy) is 2. The van der Waals surface area contributed by atoms with Crippen LogP contribution in [0.5, 0.6) is 5.75 Å². The average molecular weight is 531 g/mol. The molecule has 0 bridgehead atoms. The Morgan fingerprint density at radius 2 is 1.84 bits per heavy atom. The summed E-state index contributed by atoms with van der Waals surface area (Å²) >= 11 is 6.39. The zero-order chi connectivity index (χ0) is 26.3. The summed E-state index contributed by atoms with van der Waals surface area (Å²) in [4.78, 5) is 18.1. The quantitative estimate of drug-likeness (QED) is 0.556. The van der Waals surface area contributed by atoms with E-state index in [-0.39, 0.29) is 24.3 Å². The van der Waals surface area contributed by atoms with E-state index in [0.29, 0.717) is 35.5 Å². The highest BCUT2D eigenvalue weighted by atomic mass is 35.5. The van der Waals surface area contributed by atoms with Crippen molar-refractivity contribution < 1.29 is 23.0 Å². The largest absolute Gasteiger partial charge is 0.490 e. The third kappa shape index (κ3) is 5.56. The van der Waals surface area contributed by atoms with Crippen LogP contribution in [0.25, 0.3) is 11.8 Å². The fourth-order valence-electron chi connectivity index (χ4n) is 5.05. The minimum atomic E-state index is -0.659. The number of fused-ring (bicyclic) bond motifs is 3. The highest BCUT2D eigenvalue weighted by Gasteiger charge is 2.32. The number of carbonyl (C=O) groups is 1. The molecule has 2 aliphatic heterocycles. The summed E-state index contributed by atoms with van der Waals surface area (Å²) in [6.45, 7) is 6.10. The highest BCUT2D eigenvalue weighted by Crippen LogP contribution is 2.35. The summed E-state index contributed by atoms with van der Waals surface area (Å²) in [5.41, 5.74) is 1.78. The smallest absolute Gasteiger partial charge is 0.415 e. The van der Waals surface area contributed by atoms with E-state index >= 15 is 0 Å². The number of hydrogen-bond donors (Lipinski definition) is 1. The first kappa shape index (κ1) is 25.4. The van der Waals surface area contributed by atoms with Gasteiger partial charge in [0, 0.05) is 41.3 Å². The van der Waals surface area contributed by atoms with Gasteiger partial charge >= 0.3 is 6.09 Å². The Hall–Kier alpha value is -3.20. The Balaban J connectivity index is 1.42. The number of H-pyrrole nitrogens is 1. The number of amides is 1. The molecule has 0 spiro atoms. The van der Waals surface area contributed by atoms with E-state index in [1.807, 2.05) is 20.8 Å². The van der Waals surface area contributed by atoms with Crippen LogP contribution in [-0.4, -0.2) is 29.3 Å². The molecule has 0 saturated heterocycles. The van der Waals surface area contributed by atoms with Crippen molar-refractivity contribution in [3.05, 3.63) is 57.2 Å². The molecule has 3 heterocycles. The Labute approximate surface area is 218 Å². The first-order valence-corrected chi connectivity index (χ1v) is 12.8. The summed E-state index contributed by atoms with van der Waals surface area (Å²) in [5, 5.41) is 11.0. The van der Waals surface area contributed by atoms with Gasteiger partial charge in [0.15, 0.2) is 0 Å². The van der Waals surface area contributed by atoms with E-state index < -0.39 is 23.3 Å². The molecule has 0 unspecified atom stereocenters. The second kappa shape index (κ2) is 9.93. The van der Waals surface area contributed by atoms with Gasteiger partial charge in [0.05, 0.1) is 34.7 Å². The molecule has 1 N–H and O–H groups in total. The van der Waals surface area contributed by atoms with Crippen molar-refractivity contribution in [1.29, 1.82) is 0 Å². The SMILES string of the molecule is CC(C)(C)OC(=O)N1CC=C(Cl)C=c2[nH]c3c(c21)CN=NC=3C1CCC(Oc2cc(F)cc(F)c2)CC1. The monoisotopic (exact) mass is 530 g/mol. The maximum Gasteiger partial charge on any atom is 0.415 e. The van der Waals surface area contributed by atoms with E-state index in [2.05, 4.69) is 15.2 Å². The van der Waals surface area contributed by atoms with Crippen molar-refractivity contribution in [3.63, 3.8) is 0 Å². The molecule has 1 aromatic carbocycles. The summed E-state index contributed by atoms with van der Waals surface area (Å²) in [5.74, 6) is -1.000. The van der Waals surface area contributed by atoms with Crippen LogP contribution in [-0.2, 0) is 11.3 Å². The lowest BCUT2D eigenvalue weighted by Gasteiger charge is -2.29. The zero-order valence-electron chi connectivity index (χ0n) is 21.0. The molecule has 37 heavy (non-hydrogen) atoms. The van der Waals surface area contributed by atoms with Crippen molar-refractivity contribution in [2.45, 2.75) is 64.7 Å². The Morgan fingerprint density at radius 1 is 1.14 bits per heavy atom. The molecule has 1 aromatic heterocycles. The molecule has 1 amide bonds. The van der Waals surface area contributed by atoms with Crippen molar-refractivity contribution in [2.24, 2.45) is 16.1 Å². The summed E-state index contributed by atoms with van der Waals surface area (Å²) < 4.78 is 38.6. The van der Waals surface area contributed by atoms with E-state index in [0.717, 1.165) is 35.5 Å². The van der Waals surface area contributed by atoms with Crippen LogP contribution in [0.4, 0.5) is 19.3 Å².